The molecule has 2 aromatic rings. The van der Waals surface area contributed by atoms with Gasteiger partial charge in [0.25, 0.3) is 0 Å². The molecule has 1 heterocycles. The Morgan fingerprint density at radius 2 is 2.00 bits per heavy atom. The van der Waals surface area contributed by atoms with E-state index in [1.54, 1.807) is 6.20 Å². The molecular weight excluding hydrogens is 287 g/mol. The molecule has 0 aliphatic carbocycles. The van der Waals surface area contributed by atoms with Gasteiger partial charge in [-0.25, -0.2) is 9.37 Å². The normalized spacial score (nSPS) is 12.2. The quantitative estimate of drug-likeness (QED) is 0.710. The molecule has 0 aliphatic heterocycles. The predicted octanol–water partition coefficient (Wildman–Crippen LogP) is 5.53. The van der Waals surface area contributed by atoms with Crippen molar-refractivity contribution in [3.63, 3.8) is 0 Å². The van der Waals surface area contributed by atoms with Crippen LogP contribution in [0.5, 0.6) is 0 Å². The van der Waals surface area contributed by atoms with E-state index in [0.29, 0.717) is 5.15 Å². The van der Waals surface area contributed by atoms with E-state index in [-0.39, 0.29) is 11.9 Å². The highest BCUT2D eigenvalue weighted by molar-refractivity contribution is 6.30. The molecule has 1 unspecified atom stereocenters. The first-order valence-electron chi connectivity index (χ1n) is 7.24. The molecular formula is C17H20ClFN2. The molecule has 0 saturated heterocycles. The molecule has 1 aromatic carbocycles. The Morgan fingerprint density at radius 1 is 1.29 bits per heavy atom. The predicted molar refractivity (Wildman–Crippen MR) is 86.3 cm³/mol. The fourth-order valence-electron chi connectivity index (χ4n) is 2.26. The highest BCUT2D eigenvalue weighted by atomic mass is 35.5. The molecule has 0 radical (unpaired) electrons. The summed E-state index contributed by atoms with van der Waals surface area (Å²) in [4.78, 5) is 4.16. The lowest BCUT2D eigenvalue weighted by atomic mass is 10.0. The smallest absolute Gasteiger partial charge is 0.132 e. The largest absolute Gasteiger partial charge is 0.377 e. The minimum Gasteiger partial charge on any atom is -0.377 e. The number of aromatic nitrogens is 1. The monoisotopic (exact) mass is 306 g/mol. The molecule has 1 atom stereocenters. The highest BCUT2D eigenvalue weighted by Crippen LogP contribution is 2.26. The molecule has 21 heavy (non-hydrogen) atoms. The number of unbranched alkanes of at least 4 members (excludes halogenated alkanes) is 1. The summed E-state index contributed by atoms with van der Waals surface area (Å²) in [6, 6.07) is 8.80. The lowest BCUT2D eigenvalue weighted by Crippen LogP contribution is -2.11. The van der Waals surface area contributed by atoms with Crippen molar-refractivity contribution in [1.82, 2.24) is 4.98 Å². The van der Waals surface area contributed by atoms with Gasteiger partial charge in [0, 0.05) is 0 Å². The molecule has 0 aliphatic rings. The van der Waals surface area contributed by atoms with Crippen molar-refractivity contribution >= 4 is 17.3 Å². The second kappa shape index (κ2) is 7.41. The number of rotatable bonds is 6. The van der Waals surface area contributed by atoms with Gasteiger partial charge in [-0.2, -0.15) is 0 Å². The highest BCUT2D eigenvalue weighted by Gasteiger charge is 2.12. The first kappa shape index (κ1) is 15.8. The lowest BCUT2D eigenvalue weighted by molar-refractivity contribution is 0.616. The fourth-order valence-corrected chi connectivity index (χ4v) is 2.37. The third-order valence-electron chi connectivity index (χ3n) is 3.47. The maximum absolute atomic E-state index is 13.1. The van der Waals surface area contributed by atoms with Gasteiger partial charge in [0.1, 0.15) is 11.0 Å². The minimum absolute atomic E-state index is 0.146. The summed E-state index contributed by atoms with van der Waals surface area (Å²) in [5, 5.41) is 3.99. The van der Waals surface area contributed by atoms with Crippen LogP contribution in [0, 0.1) is 12.7 Å². The summed E-state index contributed by atoms with van der Waals surface area (Å²) >= 11 is 5.95. The van der Waals surface area contributed by atoms with Crippen molar-refractivity contribution in [2.24, 2.45) is 0 Å². The zero-order valence-corrected chi connectivity index (χ0v) is 13.1. The summed E-state index contributed by atoms with van der Waals surface area (Å²) in [6.07, 6.45) is 4.95. The summed E-state index contributed by atoms with van der Waals surface area (Å²) in [6.45, 7) is 4.09. The van der Waals surface area contributed by atoms with Gasteiger partial charge in [0.2, 0.25) is 0 Å². The van der Waals surface area contributed by atoms with Gasteiger partial charge in [-0.15, -0.1) is 0 Å². The number of nitrogens with one attached hydrogen (secondary N) is 1. The van der Waals surface area contributed by atoms with E-state index in [1.165, 1.54) is 12.1 Å². The van der Waals surface area contributed by atoms with E-state index in [4.69, 9.17) is 11.6 Å². The third kappa shape index (κ3) is 4.43. The molecule has 2 rings (SSSR count). The van der Waals surface area contributed by atoms with Crippen molar-refractivity contribution in [3.8, 4) is 0 Å². The standard InChI is InChI=1S/C17H20ClFN2/c1-3-4-5-16(13-6-8-14(19)9-7-13)21-15-10-12(2)17(18)20-11-15/h6-11,16,21H,3-5H2,1-2H3. The number of pyridine rings is 1. The molecule has 2 nitrogen and oxygen atoms in total. The van der Waals surface area contributed by atoms with Gasteiger partial charge in [-0.3, -0.25) is 0 Å². The van der Waals surface area contributed by atoms with Crippen LogP contribution < -0.4 is 5.32 Å². The molecule has 112 valence electrons. The number of anilines is 1. The van der Waals surface area contributed by atoms with E-state index in [0.717, 1.165) is 36.1 Å². The van der Waals surface area contributed by atoms with E-state index in [1.807, 2.05) is 25.1 Å². The van der Waals surface area contributed by atoms with Crippen molar-refractivity contribution in [2.75, 3.05) is 5.32 Å². The van der Waals surface area contributed by atoms with Crippen LogP contribution in [-0.2, 0) is 0 Å². The van der Waals surface area contributed by atoms with Gasteiger partial charge < -0.3 is 5.32 Å². The Kier molecular flexibility index (Phi) is 5.57. The summed E-state index contributed by atoms with van der Waals surface area (Å²) in [7, 11) is 0. The zero-order valence-electron chi connectivity index (χ0n) is 12.4. The molecule has 0 amide bonds. The average Bonchev–Trinajstić information content (AvgIpc) is 2.48. The van der Waals surface area contributed by atoms with Gasteiger partial charge in [0.15, 0.2) is 0 Å². The maximum Gasteiger partial charge on any atom is 0.132 e. The molecule has 1 N–H and O–H groups in total. The van der Waals surface area contributed by atoms with E-state index in [9.17, 15) is 4.39 Å². The Labute approximate surface area is 130 Å². The van der Waals surface area contributed by atoms with E-state index >= 15 is 0 Å². The Bertz CT molecular complexity index is 584. The van der Waals surface area contributed by atoms with Crippen molar-refractivity contribution in [2.45, 2.75) is 39.2 Å². The first-order chi connectivity index (χ1) is 10.1. The lowest BCUT2D eigenvalue weighted by Gasteiger charge is -2.20. The number of halogens is 2. The number of aryl methyl sites for hydroxylation is 1. The van der Waals surface area contributed by atoms with Crippen molar-refractivity contribution < 1.29 is 4.39 Å². The summed E-state index contributed by atoms with van der Waals surface area (Å²) in [5.74, 6) is -0.211. The van der Waals surface area contributed by atoms with Gasteiger partial charge >= 0.3 is 0 Å². The van der Waals surface area contributed by atoms with Crippen LogP contribution in [0.2, 0.25) is 5.15 Å². The summed E-state index contributed by atoms with van der Waals surface area (Å²) in [5.41, 5.74) is 2.95. The topological polar surface area (TPSA) is 24.9 Å². The average molecular weight is 307 g/mol. The Hall–Kier alpha value is -1.61. The Morgan fingerprint density at radius 3 is 2.62 bits per heavy atom. The number of hydrogen-bond acceptors (Lipinski definition) is 2. The van der Waals surface area contributed by atoms with Crippen LogP contribution in [0.1, 0.15) is 43.4 Å². The number of hydrogen-bond donors (Lipinski definition) is 1. The fraction of sp³-hybridized carbons (Fsp3) is 0.353. The second-order valence-corrected chi connectivity index (χ2v) is 5.58. The Balaban J connectivity index is 2.19. The number of benzene rings is 1. The van der Waals surface area contributed by atoms with Crippen molar-refractivity contribution in [1.29, 1.82) is 0 Å². The van der Waals surface area contributed by atoms with Crippen LogP contribution in [0.4, 0.5) is 10.1 Å². The van der Waals surface area contributed by atoms with E-state index < -0.39 is 0 Å². The molecule has 4 heteroatoms. The third-order valence-corrected chi connectivity index (χ3v) is 3.87. The van der Waals surface area contributed by atoms with Gasteiger partial charge in [-0.05, 0) is 42.7 Å². The van der Waals surface area contributed by atoms with Crippen molar-refractivity contribution in [3.05, 3.63) is 58.6 Å². The molecule has 0 saturated carbocycles. The van der Waals surface area contributed by atoms with Crippen LogP contribution >= 0.6 is 11.6 Å². The molecule has 1 aromatic heterocycles. The van der Waals surface area contributed by atoms with Crippen LogP contribution in [0.25, 0.3) is 0 Å². The van der Waals surface area contributed by atoms with Crippen LogP contribution in [0.15, 0.2) is 36.5 Å². The zero-order chi connectivity index (χ0) is 15.2. The minimum atomic E-state index is -0.211. The second-order valence-electron chi connectivity index (χ2n) is 5.22. The first-order valence-corrected chi connectivity index (χ1v) is 7.62. The number of nitrogens with zero attached hydrogens (tertiary/aromatic N) is 1. The van der Waals surface area contributed by atoms with Crippen LogP contribution in [0.3, 0.4) is 0 Å². The van der Waals surface area contributed by atoms with Gasteiger partial charge in [0.05, 0.1) is 17.9 Å². The van der Waals surface area contributed by atoms with Crippen LogP contribution in [-0.4, -0.2) is 4.98 Å². The molecule has 0 bridgehead atoms. The van der Waals surface area contributed by atoms with Gasteiger partial charge in [-0.1, -0.05) is 43.5 Å². The SMILES string of the molecule is CCCCC(Nc1cnc(Cl)c(C)c1)c1ccc(F)cc1. The maximum atomic E-state index is 13.1. The molecule has 0 spiro atoms. The summed E-state index contributed by atoms with van der Waals surface area (Å²) < 4.78 is 13.1. The van der Waals surface area contributed by atoms with E-state index in [2.05, 4.69) is 17.2 Å². The molecule has 0 fully saturated rings.